The molecule has 0 atom stereocenters. The lowest BCUT2D eigenvalue weighted by atomic mass is 10.0. The van der Waals surface area contributed by atoms with E-state index in [4.69, 9.17) is 0 Å². The van der Waals surface area contributed by atoms with Crippen molar-refractivity contribution in [3.8, 4) is 0 Å². The molecular weight excluding hydrogens is 238 g/mol. The molecule has 0 aliphatic rings. The number of hydrogen-bond acceptors (Lipinski definition) is 3. The Hall–Kier alpha value is -2.42. The molecule has 0 spiro atoms. The SMILES string of the molecule is COC(=O)/C=C\c1ccc(Cc2ccncc2)cc1. The fourth-order valence-corrected chi connectivity index (χ4v) is 1.72. The van der Waals surface area contributed by atoms with Crippen LogP contribution in [0.15, 0.2) is 54.9 Å². The summed E-state index contributed by atoms with van der Waals surface area (Å²) in [5.74, 6) is -0.346. The van der Waals surface area contributed by atoms with Crippen LogP contribution in [0.5, 0.6) is 0 Å². The first-order valence-electron chi connectivity index (χ1n) is 6.02. The van der Waals surface area contributed by atoms with Gasteiger partial charge in [0.15, 0.2) is 0 Å². The van der Waals surface area contributed by atoms with Crippen molar-refractivity contribution in [1.82, 2.24) is 4.98 Å². The number of methoxy groups -OCH3 is 1. The Balaban J connectivity index is 2.03. The Kier molecular flexibility index (Phi) is 4.45. The first-order valence-corrected chi connectivity index (χ1v) is 6.02. The number of benzene rings is 1. The molecule has 0 unspecified atom stereocenters. The van der Waals surface area contributed by atoms with Crippen LogP contribution >= 0.6 is 0 Å². The highest BCUT2D eigenvalue weighted by Gasteiger charge is 1.96. The second-order valence-electron chi connectivity index (χ2n) is 4.13. The van der Waals surface area contributed by atoms with E-state index in [1.807, 2.05) is 24.3 Å². The molecule has 2 aromatic rings. The van der Waals surface area contributed by atoms with Gasteiger partial charge in [-0.1, -0.05) is 24.3 Å². The van der Waals surface area contributed by atoms with Gasteiger partial charge in [0.25, 0.3) is 0 Å². The number of esters is 1. The summed E-state index contributed by atoms with van der Waals surface area (Å²) in [6.45, 7) is 0. The normalized spacial score (nSPS) is 10.6. The first kappa shape index (κ1) is 13.0. The fourth-order valence-electron chi connectivity index (χ4n) is 1.72. The number of pyridine rings is 1. The van der Waals surface area contributed by atoms with Gasteiger partial charge in [-0.05, 0) is 41.3 Å². The molecule has 0 N–H and O–H groups in total. The van der Waals surface area contributed by atoms with E-state index in [-0.39, 0.29) is 5.97 Å². The van der Waals surface area contributed by atoms with Gasteiger partial charge >= 0.3 is 5.97 Å². The molecule has 0 fully saturated rings. The quantitative estimate of drug-likeness (QED) is 0.621. The van der Waals surface area contributed by atoms with Crippen LogP contribution in [0.2, 0.25) is 0 Å². The Labute approximate surface area is 112 Å². The van der Waals surface area contributed by atoms with E-state index < -0.39 is 0 Å². The third-order valence-corrected chi connectivity index (χ3v) is 2.75. The topological polar surface area (TPSA) is 39.2 Å². The van der Waals surface area contributed by atoms with Gasteiger partial charge in [-0.3, -0.25) is 4.98 Å². The highest BCUT2D eigenvalue weighted by Crippen LogP contribution is 2.11. The molecule has 0 saturated carbocycles. The van der Waals surface area contributed by atoms with E-state index in [9.17, 15) is 4.79 Å². The average molecular weight is 253 g/mol. The second kappa shape index (κ2) is 6.50. The zero-order valence-electron chi connectivity index (χ0n) is 10.7. The largest absolute Gasteiger partial charge is 0.466 e. The Morgan fingerprint density at radius 2 is 1.74 bits per heavy atom. The fraction of sp³-hybridized carbons (Fsp3) is 0.125. The number of aromatic nitrogens is 1. The molecule has 0 aliphatic carbocycles. The number of rotatable bonds is 4. The lowest BCUT2D eigenvalue weighted by molar-refractivity contribution is -0.134. The number of carbonyl (C=O) groups excluding carboxylic acids is 1. The van der Waals surface area contributed by atoms with Crippen LogP contribution in [0.3, 0.4) is 0 Å². The molecule has 1 heterocycles. The number of ether oxygens (including phenoxy) is 1. The van der Waals surface area contributed by atoms with E-state index in [2.05, 4.69) is 21.9 Å². The summed E-state index contributed by atoms with van der Waals surface area (Å²) < 4.78 is 4.54. The molecule has 96 valence electrons. The lowest BCUT2D eigenvalue weighted by Gasteiger charge is -2.02. The van der Waals surface area contributed by atoms with Crippen molar-refractivity contribution in [2.45, 2.75) is 6.42 Å². The molecule has 1 aromatic carbocycles. The minimum Gasteiger partial charge on any atom is -0.466 e. The summed E-state index contributed by atoms with van der Waals surface area (Å²) in [6, 6.07) is 12.1. The summed E-state index contributed by atoms with van der Waals surface area (Å²) in [5.41, 5.74) is 3.43. The predicted octanol–water partition coefficient (Wildman–Crippen LogP) is 2.86. The van der Waals surface area contributed by atoms with Crippen LogP contribution in [0.25, 0.3) is 6.08 Å². The molecule has 0 amide bonds. The third kappa shape index (κ3) is 4.07. The van der Waals surface area contributed by atoms with E-state index in [1.54, 1.807) is 18.5 Å². The number of nitrogens with zero attached hydrogens (tertiary/aromatic N) is 1. The zero-order chi connectivity index (χ0) is 13.5. The van der Waals surface area contributed by atoms with Crippen molar-refractivity contribution in [2.75, 3.05) is 7.11 Å². The maximum atomic E-state index is 11.0. The Morgan fingerprint density at radius 3 is 2.37 bits per heavy atom. The smallest absolute Gasteiger partial charge is 0.330 e. The van der Waals surface area contributed by atoms with Gasteiger partial charge in [0.1, 0.15) is 0 Å². The molecule has 0 bridgehead atoms. The van der Waals surface area contributed by atoms with Crippen molar-refractivity contribution >= 4 is 12.0 Å². The Morgan fingerprint density at radius 1 is 1.11 bits per heavy atom. The minimum absolute atomic E-state index is 0.346. The van der Waals surface area contributed by atoms with Crippen LogP contribution in [-0.4, -0.2) is 18.1 Å². The van der Waals surface area contributed by atoms with Crippen molar-refractivity contribution in [3.63, 3.8) is 0 Å². The standard InChI is InChI=1S/C16H15NO2/c1-19-16(18)7-6-13-2-4-14(5-3-13)12-15-8-10-17-11-9-15/h2-11H,12H2,1H3/b7-6-. The summed E-state index contributed by atoms with van der Waals surface area (Å²) in [4.78, 5) is 15.0. The molecule has 0 radical (unpaired) electrons. The minimum atomic E-state index is -0.346. The molecule has 2 rings (SSSR count). The van der Waals surface area contributed by atoms with Gasteiger partial charge < -0.3 is 4.74 Å². The zero-order valence-corrected chi connectivity index (χ0v) is 10.7. The van der Waals surface area contributed by atoms with E-state index >= 15 is 0 Å². The number of hydrogen-bond donors (Lipinski definition) is 0. The molecule has 3 heteroatoms. The molecule has 1 aromatic heterocycles. The number of carbonyl (C=O) groups is 1. The van der Waals surface area contributed by atoms with Gasteiger partial charge in [0, 0.05) is 18.5 Å². The Bertz CT molecular complexity index is 559. The van der Waals surface area contributed by atoms with Crippen LogP contribution in [-0.2, 0) is 16.0 Å². The molecule has 0 saturated heterocycles. The first-order chi connectivity index (χ1) is 9.28. The molecular formula is C16H15NO2. The monoisotopic (exact) mass is 253 g/mol. The van der Waals surface area contributed by atoms with Crippen LogP contribution < -0.4 is 0 Å². The average Bonchev–Trinajstić information content (AvgIpc) is 2.47. The maximum absolute atomic E-state index is 11.0. The van der Waals surface area contributed by atoms with Crippen LogP contribution in [0.4, 0.5) is 0 Å². The van der Waals surface area contributed by atoms with E-state index in [0.29, 0.717) is 0 Å². The van der Waals surface area contributed by atoms with E-state index in [0.717, 1.165) is 12.0 Å². The van der Waals surface area contributed by atoms with Gasteiger partial charge in [-0.25, -0.2) is 4.79 Å². The molecule has 3 nitrogen and oxygen atoms in total. The van der Waals surface area contributed by atoms with Gasteiger partial charge in [-0.2, -0.15) is 0 Å². The van der Waals surface area contributed by atoms with Crippen molar-refractivity contribution in [1.29, 1.82) is 0 Å². The van der Waals surface area contributed by atoms with Crippen LogP contribution in [0, 0.1) is 0 Å². The van der Waals surface area contributed by atoms with Gasteiger partial charge in [-0.15, -0.1) is 0 Å². The summed E-state index contributed by atoms with van der Waals surface area (Å²) in [5, 5.41) is 0. The highest BCUT2D eigenvalue weighted by molar-refractivity contribution is 5.86. The summed E-state index contributed by atoms with van der Waals surface area (Å²) in [7, 11) is 1.37. The third-order valence-electron chi connectivity index (χ3n) is 2.75. The predicted molar refractivity (Wildman–Crippen MR) is 74.5 cm³/mol. The second-order valence-corrected chi connectivity index (χ2v) is 4.13. The summed E-state index contributed by atoms with van der Waals surface area (Å²) >= 11 is 0. The van der Waals surface area contributed by atoms with Crippen molar-refractivity contribution in [3.05, 3.63) is 71.6 Å². The molecule has 0 aliphatic heterocycles. The maximum Gasteiger partial charge on any atom is 0.330 e. The van der Waals surface area contributed by atoms with Gasteiger partial charge in [0.2, 0.25) is 0 Å². The summed E-state index contributed by atoms with van der Waals surface area (Å²) in [6.07, 6.45) is 7.62. The van der Waals surface area contributed by atoms with E-state index in [1.165, 1.54) is 24.3 Å². The van der Waals surface area contributed by atoms with Crippen molar-refractivity contribution in [2.24, 2.45) is 0 Å². The molecule has 19 heavy (non-hydrogen) atoms. The lowest BCUT2D eigenvalue weighted by Crippen LogP contribution is -1.93. The van der Waals surface area contributed by atoms with Crippen molar-refractivity contribution < 1.29 is 9.53 Å². The van der Waals surface area contributed by atoms with Crippen LogP contribution in [0.1, 0.15) is 16.7 Å². The van der Waals surface area contributed by atoms with Gasteiger partial charge in [0.05, 0.1) is 7.11 Å². The highest BCUT2D eigenvalue weighted by atomic mass is 16.5.